The predicted octanol–water partition coefficient (Wildman–Crippen LogP) is 4.36. The van der Waals surface area contributed by atoms with Crippen molar-refractivity contribution in [3.63, 3.8) is 0 Å². The molecule has 8 heteroatoms. The minimum absolute atomic E-state index is 0.0272. The normalized spacial score (nSPS) is 11.8. The average Bonchev–Trinajstić information content (AvgIpc) is 2.80. The van der Waals surface area contributed by atoms with E-state index in [-0.39, 0.29) is 27.1 Å². The van der Waals surface area contributed by atoms with Gasteiger partial charge in [-0.05, 0) is 32.3 Å². The number of aromatic carboxylic acids is 2. The Morgan fingerprint density at radius 3 is 2.38 bits per heavy atom. The molecule has 3 N–H and O–H groups in total. The molecule has 134 valence electrons. The number of hydrogen-bond donors (Lipinski definition) is 3. The Kier molecular flexibility index (Phi) is 7.70. The van der Waals surface area contributed by atoms with Crippen molar-refractivity contribution in [3.05, 3.63) is 16.0 Å². The van der Waals surface area contributed by atoms with E-state index in [2.05, 4.69) is 12.2 Å². The van der Waals surface area contributed by atoms with E-state index < -0.39 is 18.0 Å². The fourth-order valence-electron chi connectivity index (χ4n) is 2.29. The molecule has 1 unspecified atom stereocenters. The van der Waals surface area contributed by atoms with Crippen LogP contribution >= 0.6 is 11.3 Å². The Bertz CT molecular complexity index is 610. The second kappa shape index (κ2) is 9.27. The second-order valence-corrected chi connectivity index (χ2v) is 6.58. The Balaban J connectivity index is 2.71. The molecule has 0 aliphatic rings. The van der Waals surface area contributed by atoms with E-state index in [9.17, 15) is 19.5 Å². The van der Waals surface area contributed by atoms with Gasteiger partial charge in [-0.25, -0.2) is 14.4 Å². The van der Waals surface area contributed by atoms with Gasteiger partial charge in [-0.3, -0.25) is 5.32 Å². The minimum Gasteiger partial charge on any atom is -0.478 e. The smallest absolute Gasteiger partial charge is 0.412 e. The van der Waals surface area contributed by atoms with Crippen molar-refractivity contribution in [3.8, 4) is 0 Å². The Hall–Kier alpha value is -2.09. The van der Waals surface area contributed by atoms with Gasteiger partial charge in [0.15, 0.2) is 0 Å². The number of hydrogen-bond acceptors (Lipinski definition) is 5. The molecule has 1 amide bonds. The summed E-state index contributed by atoms with van der Waals surface area (Å²) in [6.45, 7) is 5.28. The third kappa shape index (κ3) is 5.52. The topological polar surface area (TPSA) is 113 Å². The molecule has 0 aliphatic heterocycles. The Morgan fingerprint density at radius 2 is 1.83 bits per heavy atom. The number of anilines is 1. The SMILES string of the molecule is CCCCCCC(C)OC(=O)Nc1sc(C(=O)O)c(C)c1C(=O)O. The van der Waals surface area contributed by atoms with Crippen LogP contribution in [-0.4, -0.2) is 34.3 Å². The Morgan fingerprint density at radius 1 is 1.17 bits per heavy atom. The van der Waals surface area contributed by atoms with Crippen molar-refractivity contribution < 1.29 is 29.3 Å². The van der Waals surface area contributed by atoms with Crippen molar-refractivity contribution in [2.45, 2.75) is 59.0 Å². The van der Waals surface area contributed by atoms with E-state index in [1.54, 1.807) is 6.92 Å². The Labute approximate surface area is 144 Å². The van der Waals surface area contributed by atoms with Gasteiger partial charge >= 0.3 is 18.0 Å². The standard InChI is InChI=1S/C16H23NO6S/c1-4-5-6-7-8-9(2)23-16(22)17-13-11(14(18)19)10(3)12(24-13)15(20)21/h9H,4-8H2,1-3H3,(H,17,22)(H,18,19)(H,20,21). The fourth-order valence-corrected chi connectivity index (χ4v) is 3.31. The quantitative estimate of drug-likeness (QED) is 0.566. The number of unbranched alkanes of at least 4 members (excludes halogenated alkanes) is 3. The molecule has 0 aliphatic carbocycles. The van der Waals surface area contributed by atoms with Crippen molar-refractivity contribution in [1.82, 2.24) is 0 Å². The number of thiophene rings is 1. The number of carbonyl (C=O) groups excluding carboxylic acids is 1. The van der Waals surface area contributed by atoms with Crippen molar-refractivity contribution in [2.75, 3.05) is 5.32 Å². The lowest BCUT2D eigenvalue weighted by Gasteiger charge is -2.13. The molecule has 0 saturated heterocycles. The summed E-state index contributed by atoms with van der Waals surface area (Å²) in [6, 6.07) is 0. The number of nitrogens with one attached hydrogen (secondary N) is 1. The van der Waals surface area contributed by atoms with E-state index >= 15 is 0 Å². The summed E-state index contributed by atoms with van der Waals surface area (Å²) in [4.78, 5) is 34.2. The van der Waals surface area contributed by atoms with Gasteiger partial charge in [0, 0.05) is 0 Å². The molecule has 0 saturated carbocycles. The molecule has 0 spiro atoms. The maximum absolute atomic E-state index is 11.9. The molecule has 1 heterocycles. The first kappa shape index (κ1) is 20.0. The minimum atomic E-state index is -1.29. The van der Waals surface area contributed by atoms with Crippen LogP contribution in [0.25, 0.3) is 0 Å². The van der Waals surface area contributed by atoms with E-state index in [1.165, 1.54) is 6.92 Å². The summed E-state index contributed by atoms with van der Waals surface area (Å²) < 4.78 is 5.20. The van der Waals surface area contributed by atoms with Gasteiger partial charge < -0.3 is 14.9 Å². The molecule has 0 radical (unpaired) electrons. The first-order valence-corrected chi connectivity index (χ1v) is 8.67. The number of amides is 1. The summed E-state index contributed by atoms with van der Waals surface area (Å²) >= 11 is 0.710. The first-order chi connectivity index (χ1) is 11.3. The van der Waals surface area contributed by atoms with Crippen LogP contribution in [0.2, 0.25) is 0 Å². The zero-order chi connectivity index (χ0) is 18.3. The average molecular weight is 357 g/mol. The van der Waals surface area contributed by atoms with Crippen molar-refractivity contribution in [2.24, 2.45) is 0 Å². The van der Waals surface area contributed by atoms with E-state index in [4.69, 9.17) is 9.84 Å². The van der Waals surface area contributed by atoms with Crippen molar-refractivity contribution >= 4 is 34.4 Å². The van der Waals surface area contributed by atoms with Gasteiger partial charge in [-0.2, -0.15) is 0 Å². The van der Waals surface area contributed by atoms with Crippen LogP contribution in [0.1, 0.15) is 71.5 Å². The monoisotopic (exact) mass is 357 g/mol. The number of carboxylic acid groups (broad SMARTS) is 2. The van der Waals surface area contributed by atoms with Crippen LogP contribution in [0.15, 0.2) is 0 Å². The maximum atomic E-state index is 11.9. The van der Waals surface area contributed by atoms with Crippen LogP contribution in [-0.2, 0) is 4.74 Å². The van der Waals surface area contributed by atoms with E-state index in [1.807, 2.05) is 0 Å². The van der Waals surface area contributed by atoms with Crippen LogP contribution in [0.4, 0.5) is 9.80 Å². The van der Waals surface area contributed by atoms with Gasteiger partial charge in [0.05, 0.1) is 5.56 Å². The third-order valence-corrected chi connectivity index (χ3v) is 4.74. The highest BCUT2D eigenvalue weighted by Crippen LogP contribution is 2.33. The summed E-state index contributed by atoms with van der Waals surface area (Å²) in [6.07, 6.45) is 3.92. The van der Waals surface area contributed by atoms with Crippen LogP contribution in [0, 0.1) is 6.92 Å². The first-order valence-electron chi connectivity index (χ1n) is 7.85. The largest absolute Gasteiger partial charge is 0.478 e. The van der Waals surface area contributed by atoms with Crippen LogP contribution < -0.4 is 5.32 Å². The summed E-state index contributed by atoms with van der Waals surface area (Å²) in [7, 11) is 0. The fraction of sp³-hybridized carbons (Fsp3) is 0.562. The third-order valence-electron chi connectivity index (χ3n) is 3.54. The van der Waals surface area contributed by atoms with Gasteiger partial charge in [-0.1, -0.05) is 26.2 Å². The molecule has 0 aromatic carbocycles. The number of carbonyl (C=O) groups is 3. The zero-order valence-electron chi connectivity index (χ0n) is 14.0. The number of carboxylic acids is 2. The predicted molar refractivity (Wildman–Crippen MR) is 91.3 cm³/mol. The molecule has 0 fully saturated rings. The van der Waals surface area contributed by atoms with Gasteiger partial charge in [-0.15, -0.1) is 11.3 Å². The molecule has 0 bridgehead atoms. The second-order valence-electron chi connectivity index (χ2n) is 5.56. The molecule has 1 aromatic rings. The summed E-state index contributed by atoms with van der Waals surface area (Å²) in [5, 5.41) is 20.6. The molecule has 1 aromatic heterocycles. The summed E-state index contributed by atoms with van der Waals surface area (Å²) in [5.41, 5.74) is -0.104. The lowest BCUT2D eigenvalue weighted by atomic mass is 10.1. The highest BCUT2D eigenvalue weighted by atomic mass is 32.1. The lowest BCUT2D eigenvalue weighted by molar-refractivity contribution is 0.0696. The molecule has 24 heavy (non-hydrogen) atoms. The van der Waals surface area contributed by atoms with Crippen LogP contribution in [0.3, 0.4) is 0 Å². The summed E-state index contributed by atoms with van der Waals surface area (Å²) in [5.74, 6) is -2.52. The number of rotatable bonds is 9. The molecule has 7 nitrogen and oxygen atoms in total. The van der Waals surface area contributed by atoms with E-state index in [0.29, 0.717) is 11.3 Å². The maximum Gasteiger partial charge on any atom is 0.412 e. The zero-order valence-corrected chi connectivity index (χ0v) is 14.9. The molecular weight excluding hydrogens is 334 g/mol. The van der Waals surface area contributed by atoms with Crippen molar-refractivity contribution in [1.29, 1.82) is 0 Å². The van der Waals surface area contributed by atoms with Crippen LogP contribution in [0.5, 0.6) is 0 Å². The van der Waals surface area contributed by atoms with Gasteiger partial charge in [0.2, 0.25) is 0 Å². The van der Waals surface area contributed by atoms with E-state index in [0.717, 1.165) is 32.1 Å². The molecular formula is C16H23NO6S. The van der Waals surface area contributed by atoms with Gasteiger partial charge in [0.1, 0.15) is 16.0 Å². The number of ether oxygens (including phenoxy) is 1. The van der Waals surface area contributed by atoms with Gasteiger partial charge in [0.25, 0.3) is 0 Å². The molecule has 1 rings (SSSR count). The lowest BCUT2D eigenvalue weighted by Crippen LogP contribution is -2.20. The molecule has 1 atom stereocenters. The highest BCUT2D eigenvalue weighted by Gasteiger charge is 2.25. The highest BCUT2D eigenvalue weighted by molar-refractivity contribution is 7.18.